The predicted octanol–water partition coefficient (Wildman–Crippen LogP) is 2.98. The first-order chi connectivity index (χ1) is 11.6. The molecule has 0 fully saturated rings. The van der Waals surface area contributed by atoms with Crippen molar-refractivity contribution in [2.75, 3.05) is 5.73 Å². The van der Waals surface area contributed by atoms with Crippen molar-refractivity contribution in [3.8, 4) is 0 Å². The maximum absolute atomic E-state index is 10.4. The van der Waals surface area contributed by atoms with E-state index in [0.29, 0.717) is 11.4 Å². The van der Waals surface area contributed by atoms with Crippen LogP contribution in [0.15, 0.2) is 65.6 Å². The van der Waals surface area contributed by atoms with Crippen LogP contribution in [0.4, 0.5) is 5.69 Å². The van der Waals surface area contributed by atoms with Crippen molar-refractivity contribution in [3.05, 3.63) is 66.4 Å². The van der Waals surface area contributed by atoms with Gasteiger partial charge in [0.05, 0.1) is 21.8 Å². The van der Waals surface area contributed by atoms with Crippen molar-refractivity contribution in [2.24, 2.45) is 0 Å². The van der Waals surface area contributed by atoms with Gasteiger partial charge >= 0.3 is 0 Å². The van der Waals surface area contributed by atoms with E-state index in [4.69, 9.17) is 10.3 Å². The molecule has 0 aliphatic rings. The van der Waals surface area contributed by atoms with Gasteiger partial charge in [0.15, 0.2) is 0 Å². The number of hydrogen-bond donors (Lipinski definition) is 3. The molecule has 1 heterocycles. The van der Waals surface area contributed by atoms with E-state index in [1.807, 2.05) is 30.3 Å². The minimum Gasteiger partial charge on any atom is -0.397 e. The normalized spacial score (nSPS) is 11.7. The molecule has 4 N–H and O–H groups in total. The van der Waals surface area contributed by atoms with Gasteiger partial charge in [0.2, 0.25) is 0 Å². The number of aliphatic hydroxyl groups is 1. The fraction of sp³-hybridized carbons (Fsp3) is 0.167. The van der Waals surface area contributed by atoms with Crippen LogP contribution < -0.4 is 5.73 Å². The molecule has 0 aliphatic heterocycles. The molecule has 0 unspecified atom stereocenters. The van der Waals surface area contributed by atoms with Crippen molar-refractivity contribution in [3.63, 3.8) is 0 Å². The van der Waals surface area contributed by atoms with Gasteiger partial charge in [0.1, 0.15) is 5.60 Å². The highest BCUT2D eigenvalue weighted by Gasteiger charge is 2.21. The summed E-state index contributed by atoms with van der Waals surface area (Å²) in [6.07, 6.45) is 0. The van der Waals surface area contributed by atoms with E-state index in [-0.39, 0.29) is 4.90 Å². The van der Waals surface area contributed by atoms with Crippen LogP contribution >= 0.6 is 0 Å². The van der Waals surface area contributed by atoms with E-state index in [1.165, 1.54) is 12.1 Å². The number of nitrogens with two attached hydrogens (primary N) is 1. The van der Waals surface area contributed by atoms with Crippen LogP contribution in [0.5, 0.6) is 0 Å². The Labute approximate surface area is 146 Å². The summed E-state index contributed by atoms with van der Waals surface area (Å²) in [5.74, 6) is 0. The Morgan fingerprint density at radius 1 is 1.00 bits per heavy atom. The van der Waals surface area contributed by atoms with E-state index in [2.05, 4.69) is 4.98 Å². The third-order valence-electron chi connectivity index (χ3n) is 3.37. The highest BCUT2D eigenvalue weighted by atomic mass is 32.2. The molecule has 1 aromatic heterocycles. The van der Waals surface area contributed by atoms with Crippen LogP contribution in [-0.4, -0.2) is 23.1 Å². The van der Waals surface area contributed by atoms with Gasteiger partial charge < -0.3 is 10.8 Å². The lowest BCUT2D eigenvalue weighted by Gasteiger charge is -2.19. The SMILES string of the molecule is CC(C)(O)c1nc2ccccc2cc1N.O=S(=O)(O)c1ccccc1. The molecule has 132 valence electrons. The Hall–Kier alpha value is -2.48. The first-order valence-corrected chi connectivity index (χ1v) is 8.93. The van der Waals surface area contributed by atoms with Crippen LogP contribution in [-0.2, 0) is 15.7 Å². The van der Waals surface area contributed by atoms with E-state index in [0.717, 1.165) is 10.9 Å². The third-order valence-corrected chi connectivity index (χ3v) is 4.24. The number of pyridine rings is 1. The molecule has 0 saturated carbocycles. The topological polar surface area (TPSA) is 114 Å². The van der Waals surface area contributed by atoms with Crippen LogP contribution in [0.1, 0.15) is 19.5 Å². The Morgan fingerprint density at radius 2 is 1.56 bits per heavy atom. The first-order valence-electron chi connectivity index (χ1n) is 7.49. The molecule has 0 saturated heterocycles. The van der Waals surface area contributed by atoms with Gasteiger partial charge in [-0.25, -0.2) is 4.98 Å². The fourth-order valence-corrected chi connectivity index (χ4v) is 2.72. The zero-order chi connectivity index (χ0) is 18.7. The molecule has 2 aromatic carbocycles. The molecule has 6 nitrogen and oxygen atoms in total. The summed E-state index contributed by atoms with van der Waals surface area (Å²) in [6, 6.07) is 17.0. The zero-order valence-corrected chi connectivity index (χ0v) is 14.7. The largest absolute Gasteiger partial charge is 0.397 e. The minimum atomic E-state index is -4.00. The smallest absolute Gasteiger partial charge is 0.294 e. The van der Waals surface area contributed by atoms with E-state index in [9.17, 15) is 13.5 Å². The fourth-order valence-electron chi connectivity index (χ4n) is 2.21. The van der Waals surface area contributed by atoms with Crippen molar-refractivity contribution in [1.82, 2.24) is 4.98 Å². The summed E-state index contributed by atoms with van der Waals surface area (Å²) >= 11 is 0. The average molecular weight is 360 g/mol. The molecule has 0 radical (unpaired) electrons. The molecule has 0 aliphatic carbocycles. The number of rotatable bonds is 2. The summed E-state index contributed by atoms with van der Waals surface area (Å²) < 4.78 is 29.2. The Bertz CT molecular complexity index is 965. The van der Waals surface area contributed by atoms with Crippen LogP contribution in [0.25, 0.3) is 10.9 Å². The lowest BCUT2D eigenvalue weighted by Crippen LogP contribution is -2.19. The number of para-hydroxylation sites is 1. The Balaban J connectivity index is 0.000000196. The second kappa shape index (κ2) is 7.18. The maximum Gasteiger partial charge on any atom is 0.294 e. The molecule has 0 amide bonds. The highest BCUT2D eigenvalue weighted by Crippen LogP contribution is 2.26. The van der Waals surface area contributed by atoms with Gasteiger partial charge in [0.25, 0.3) is 10.1 Å². The van der Waals surface area contributed by atoms with Crippen molar-refractivity contribution in [1.29, 1.82) is 0 Å². The highest BCUT2D eigenvalue weighted by molar-refractivity contribution is 7.85. The van der Waals surface area contributed by atoms with Crippen LogP contribution in [0.3, 0.4) is 0 Å². The standard InChI is InChI=1S/C12H14N2O.C6H6O3S/c1-12(2,15)11-9(13)7-8-5-3-4-6-10(8)14-11;7-10(8,9)6-4-2-1-3-5-6/h3-7,15H,13H2,1-2H3;1-5H,(H,7,8,9). The Morgan fingerprint density at radius 3 is 2.08 bits per heavy atom. The molecule has 7 heteroatoms. The van der Waals surface area contributed by atoms with Crippen molar-refractivity contribution in [2.45, 2.75) is 24.3 Å². The summed E-state index contributed by atoms with van der Waals surface area (Å²) in [5, 5.41) is 10.9. The van der Waals surface area contributed by atoms with Gasteiger partial charge in [-0.15, -0.1) is 0 Å². The quantitative estimate of drug-likeness (QED) is 0.606. The monoisotopic (exact) mass is 360 g/mol. The number of hydrogen-bond acceptors (Lipinski definition) is 5. The lowest BCUT2D eigenvalue weighted by molar-refractivity contribution is 0.0751. The van der Waals surface area contributed by atoms with Gasteiger partial charge in [-0.3, -0.25) is 4.55 Å². The van der Waals surface area contributed by atoms with Gasteiger partial charge in [-0.2, -0.15) is 8.42 Å². The number of aromatic nitrogens is 1. The number of nitrogens with zero attached hydrogens (tertiary/aromatic N) is 1. The molecule has 0 bridgehead atoms. The van der Waals surface area contributed by atoms with Gasteiger partial charge in [-0.1, -0.05) is 36.4 Å². The molecular weight excluding hydrogens is 340 g/mol. The molecule has 0 spiro atoms. The van der Waals surface area contributed by atoms with Crippen LogP contribution in [0, 0.1) is 0 Å². The first kappa shape index (κ1) is 18.9. The van der Waals surface area contributed by atoms with Crippen molar-refractivity contribution >= 4 is 26.7 Å². The maximum atomic E-state index is 10.4. The van der Waals surface area contributed by atoms with Gasteiger partial charge in [0, 0.05) is 5.39 Å². The average Bonchev–Trinajstić information content (AvgIpc) is 2.54. The summed E-state index contributed by atoms with van der Waals surface area (Å²) in [7, 11) is -4.00. The summed E-state index contributed by atoms with van der Waals surface area (Å²) in [5.41, 5.74) is 6.75. The number of benzene rings is 2. The van der Waals surface area contributed by atoms with Gasteiger partial charge in [-0.05, 0) is 38.1 Å². The second-order valence-electron chi connectivity index (χ2n) is 5.97. The van der Waals surface area contributed by atoms with E-state index in [1.54, 1.807) is 32.0 Å². The van der Waals surface area contributed by atoms with E-state index >= 15 is 0 Å². The molecule has 0 atom stereocenters. The van der Waals surface area contributed by atoms with E-state index < -0.39 is 15.7 Å². The predicted molar refractivity (Wildman–Crippen MR) is 97.7 cm³/mol. The Kier molecular flexibility index (Phi) is 5.42. The number of nitrogen functional groups attached to an aromatic ring is 1. The summed E-state index contributed by atoms with van der Waals surface area (Å²) in [4.78, 5) is 4.30. The third kappa shape index (κ3) is 4.99. The molecule has 25 heavy (non-hydrogen) atoms. The lowest BCUT2D eigenvalue weighted by atomic mass is 10.0. The minimum absolute atomic E-state index is 0.0741. The number of anilines is 1. The van der Waals surface area contributed by atoms with Crippen molar-refractivity contribution < 1.29 is 18.1 Å². The summed E-state index contributed by atoms with van der Waals surface area (Å²) in [6.45, 7) is 3.36. The second-order valence-corrected chi connectivity index (χ2v) is 7.39. The zero-order valence-electron chi connectivity index (χ0n) is 13.9. The molecule has 3 rings (SSSR count). The number of fused-ring (bicyclic) bond motifs is 1. The molecular formula is C18H20N2O4S. The van der Waals surface area contributed by atoms with Crippen LogP contribution in [0.2, 0.25) is 0 Å². The molecule has 3 aromatic rings.